The van der Waals surface area contributed by atoms with Gasteiger partial charge in [0.05, 0.1) is 21.6 Å². The van der Waals surface area contributed by atoms with E-state index in [2.05, 4.69) is 24.1 Å². The summed E-state index contributed by atoms with van der Waals surface area (Å²) in [5.74, 6) is 0.937. The minimum atomic E-state index is -3.58. The third-order valence-electron chi connectivity index (χ3n) is 5.97. The van der Waals surface area contributed by atoms with Gasteiger partial charge in [-0.15, -0.1) is 0 Å². The van der Waals surface area contributed by atoms with Gasteiger partial charge in [-0.25, -0.2) is 8.42 Å². The molecule has 0 bridgehead atoms. The zero-order chi connectivity index (χ0) is 21.2. The van der Waals surface area contributed by atoms with Crippen LogP contribution in [-0.4, -0.2) is 55.8 Å². The number of anilines is 1. The Morgan fingerprint density at radius 1 is 1.14 bits per heavy atom. The van der Waals surface area contributed by atoms with Crippen LogP contribution < -0.4 is 5.32 Å². The van der Waals surface area contributed by atoms with E-state index < -0.39 is 10.0 Å². The van der Waals surface area contributed by atoms with Gasteiger partial charge in [0.1, 0.15) is 0 Å². The normalized spacial score (nSPS) is 25.5. The van der Waals surface area contributed by atoms with Crippen LogP contribution in [0, 0.1) is 11.8 Å². The third-order valence-corrected chi connectivity index (χ3v) is 8.20. The molecule has 1 amide bonds. The van der Waals surface area contributed by atoms with Crippen LogP contribution in [0.2, 0.25) is 5.02 Å². The maximum Gasteiger partial charge on any atom is 0.243 e. The van der Waals surface area contributed by atoms with Gasteiger partial charge in [0.25, 0.3) is 0 Å². The largest absolute Gasteiger partial charge is 0.323 e. The maximum absolute atomic E-state index is 13.0. The van der Waals surface area contributed by atoms with Crippen molar-refractivity contribution in [1.82, 2.24) is 9.21 Å². The first-order chi connectivity index (χ1) is 13.7. The fourth-order valence-corrected chi connectivity index (χ4v) is 6.15. The molecule has 1 N–H and O–H groups in total. The second-order valence-corrected chi connectivity index (χ2v) is 11.0. The fourth-order valence-electron chi connectivity index (χ4n) is 4.45. The average molecular weight is 442 g/mol. The van der Waals surface area contributed by atoms with Crippen molar-refractivity contribution in [1.29, 1.82) is 0 Å². The van der Waals surface area contributed by atoms with E-state index >= 15 is 0 Å². The van der Waals surface area contributed by atoms with E-state index in [9.17, 15) is 13.2 Å². The van der Waals surface area contributed by atoms with Crippen molar-refractivity contribution >= 4 is 33.2 Å². The highest BCUT2D eigenvalue weighted by molar-refractivity contribution is 7.89. The van der Waals surface area contributed by atoms with E-state index in [1.807, 2.05) is 6.92 Å². The van der Waals surface area contributed by atoms with Crippen LogP contribution >= 0.6 is 11.6 Å². The number of piperidine rings is 2. The molecule has 0 radical (unpaired) electrons. The average Bonchev–Trinajstić information content (AvgIpc) is 2.68. The van der Waals surface area contributed by atoms with Crippen LogP contribution in [0.5, 0.6) is 0 Å². The van der Waals surface area contributed by atoms with Gasteiger partial charge in [-0.3, -0.25) is 9.69 Å². The monoisotopic (exact) mass is 441 g/mol. The second kappa shape index (κ2) is 9.33. The summed E-state index contributed by atoms with van der Waals surface area (Å²) >= 11 is 6.28. The fraction of sp³-hybridized carbons (Fsp3) is 0.667. The van der Waals surface area contributed by atoms with E-state index in [1.54, 1.807) is 6.07 Å². The number of nitrogens with zero attached hydrogens (tertiary/aromatic N) is 2. The van der Waals surface area contributed by atoms with Gasteiger partial charge in [-0.2, -0.15) is 4.31 Å². The molecule has 2 heterocycles. The number of carbonyl (C=O) groups excluding carboxylic acids is 1. The minimum Gasteiger partial charge on any atom is -0.323 e. The van der Waals surface area contributed by atoms with E-state index in [0.717, 1.165) is 32.4 Å². The number of likely N-dealkylation sites (tertiary alicyclic amines) is 1. The van der Waals surface area contributed by atoms with E-state index in [-0.39, 0.29) is 16.8 Å². The summed E-state index contributed by atoms with van der Waals surface area (Å²) in [6.45, 7) is 9.15. The molecule has 0 aromatic heterocycles. The number of nitrogens with one attached hydrogen (secondary N) is 1. The molecule has 2 aliphatic rings. The summed E-state index contributed by atoms with van der Waals surface area (Å²) in [5.41, 5.74) is 0.347. The highest BCUT2D eigenvalue weighted by atomic mass is 35.5. The third kappa shape index (κ3) is 5.32. The van der Waals surface area contributed by atoms with Gasteiger partial charge in [-0.1, -0.05) is 31.9 Å². The van der Waals surface area contributed by atoms with Crippen LogP contribution in [0.3, 0.4) is 0 Å². The Bertz CT molecular complexity index is 830. The molecule has 2 fully saturated rings. The van der Waals surface area contributed by atoms with Crippen LogP contribution in [0.25, 0.3) is 0 Å². The number of carbonyl (C=O) groups is 1. The van der Waals surface area contributed by atoms with E-state index in [1.165, 1.54) is 22.9 Å². The lowest BCUT2D eigenvalue weighted by atomic mass is 9.91. The predicted octanol–water partition coefficient (Wildman–Crippen LogP) is 3.82. The van der Waals surface area contributed by atoms with Crippen molar-refractivity contribution in [2.24, 2.45) is 11.8 Å². The Labute approximate surface area is 179 Å². The molecule has 8 heteroatoms. The molecule has 0 spiro atoms. The zero-order valence-corrected chi connectivity index (χ0v) is 19.1. The molecule has 162 valence electrons. The smallest absolute Gasteiger partial charge is 0.243 e. The first-order valence-electron chi connectivity index (χ1n) is 10.5. The molecule has 0 saturated carbocycles. The Hall–Kier alpha value is -1.15. The zero-order valence-electron chi connectivity index (χ0n) is 17.5. The summed E-state index contributed by atoms with van der Waals surface area (Å²) in [6, 6.07) is 4.24. The van der Waals surface area contributed by atoms with Crippen LogP contribution in [-0.2, 0) is 14.8 Å². The Balaban J connectivity index is 1.75. The lowest BCUT2D eigenvalue weighted by molar-refractivity contribution is -0.121. The number of rotatable bonds is 5. The SMILES string of the molecule is C[C@@H]1C[C@@H](C)CN([C@@H](C)C(=O)Nc2cc(S(=O)(=O)N3CCCCC3)ccc2Cl)C1. The number of amides is 1. The Kier molecular flexibility index (Phi) is 7.25. The summed E-state index contributed by atoms with van der Waals surface area (Å²) in [6.07, 6.45) is 3.98. The van der Waals surface area contributed by atoms with Crippen molar-refractivity contribution in [2.45, 2.75) is 57.4 Å². The summed E-state index contributed by atoms with van der Waals surface area (Å²) in [4.78, 5) is 15.2. The van der Waals surface area contributed by atoms with E-state index in [4.69, 9.17) is 11.6 Å². The van der Waals surface area contributed by atoms with Crippen molar-refractivity contribution in [3.05, 3.63) is 23.2 Å². The number of sulfonamides is 1. The second-order valence-electron chi connectivity index (χ2n) is 8.67. The van der Waals surface area contributed by atoms with Crippen LogP contribution in [0.1, 0.15) is 46.5 Å². The molecule has 0 unspecified atom stereocenters. The number of hydrogen-bond donors (Lipinski definition) is 1. The molecule has 1 aromatic carbocycles. The molecule has 3 atom stereocenters. The molecule has 0 aliphatic carbocycles. The summed E-state index contributed by atoms with van der Waals surface area (Å²) in [5, 5.41) is 3.19. The first-order valence-corrected chi connectivity index (χ1v) is 12.3. The summed E-state index contributed by atoms with van der Waals surface area (Å²) < 4.78 is 27.4. The molecule has 1 aromatic rings. The first kappa shape index (κ1) is 22.5. The molecule has 29 heavy (non-hydrogen) atoms. The lowest BCUT2D eigenvalue weighted by Crippen LogP contribution is -2.48. The van der Waals surface area contributed by atoms with Crippen molar-refractivity contribution < 1.29 is 13.2 Å². The van der Waals surface area contributed by atoms with Gasteiger partial charge >= 0.3 is 0 Å². The quantitative estimate of drug-likeness (QED) is 0.754. The van der Waals surface area contributed by atoms with Gasteiger partial charge in [-0.05, 0) is 56.2 Å². The maximum atomic E-state index is 13.0. The molecule has 2 saturated heterocycles. The topological polar surface area (TPSA) is 69.7 Å². The van der Waals surface area contributed by atoms with Crippen LogP contribution in [0.15, 0.2) is 23.1 Å². The van der Waals surface area contributed by atoms with Crippen molar-refractivity contribution in [3.8, 4) is 0 Å². The molecule has 2 aliphatic heterocycles. The Morgan fingerprint density at radius 3 is 2.38 bits per heavy atom. The van der Waals surface area contributed by atoms with Crippen molar-refractivity contribution in [3.63, 3.8) is 0 Å². The van der Waals surface area contributed by atoms with Crippen LogP contribution in [0.4, 0.5) is 5.69 Å². The number of halogens is 1. The summed E-state index contributed by atoms with van der Waals surface area (Å²) in [7, 11) is -3.58. The Morgan fingerprint density at radius 2 is 1.76 bits per heavy atom. The van der Waals surface area contributed by atoms with Gasteiger partial charge in [0, 0.05) is 26.2 Å². The number of hydrogen-bond acceptors (Lipinski definition) is 4. The highest BCUT2D eigenvalue weighted by Crippen LogP contribution is 2.29. The highest BCUT2D eigenvalue weighted by Gasteiger charge is 2.30. The standard InChI is InChI=1S/C21H32ClN3O3S/c1-15-11-16(2)14-24(13-15)17(3)21(26)23-20-12-18(7-8-19(20)22)29(27,28)25-9-5-4-6-10-25/h7-8,12,15-17H,4-6,9-11,13-14H2,1-3H3,(H,23,26)/t15-,16-,17+/m1/s1. The number of benzene rings is 1. The molecular weight excluding hydrogens is 410 g/mol. The molecular formula is C21H32ClN3O3S. The van der Waals surface area contributed by atoms with Gasteiger partial charge < -0.3 is 5.32 Å². The predicted molar refractivity (Wildman–Crippen MR) is 117 cm³/mol. The minimum absolute atomic E-state index is 0.166. The van der Waals surface area contributed by atoms with Crippen molar-refractivity contribution in [2.75, 3.05) is 31.5 Å². The molecule has 6 nitrogen and oxygen atoms in total. The lowest BCUT2D eigenvalue weighted by Gasteiger charge is -2.38. The van der Waals surface area contributed by atoms with Gasteiger partial charge in [0.15, 0.2) is 0 Å². The molecule has 3 rings (SSSR count). The van der Waals surface area contributed by atoms with E-state index in [0.29, 0.717) is 35.6 Å². The van der Waals surface area contributed by atoms with Gasteiger partial charge in [0.2, 0.25) is 15.9 Å².